The number of hydrogen-bond donors (Lipinski definition) is 1. The fourth-order valence-electron chi connectivity index (χ4n) is 2.37. The normalized spacial score (nSPS) is 11.0. The van der Waals surface area contributed by atoms with Gasteiger partial charge in [0, 0.05) is 16.5 Å². The molecule has 1 N–H and O–H groups in total. The maximum Gasteiger partial charge on any atom is 0.258 e. The van der Waals surface area contributed by atoms with Crippen molar-refractivity contribution in [2.75, 3.05) is 5.32 Å². The number of carbonyl (C=O) groups is 1. The molecule has 0 radical (unpaired) electrons. The Bertz CT molecular complexity index is 937. The Balaban J connectivity index is 2.00. The van der Waals surface area contributed by atoms with Gasteiger partial charge in [0.15, 0.2) is 17.5 Å². The molecule has 0 spiro atoms. The minimum Gasteiger partial charge on any atom is -0.321 e. The molecule has 1 aromatic carbocycles. The van der Waals surface area contributed by atoms with Gasteiger partial charge in [-0.15, -0.1) is 11.3 Å². The average Bonchev–Trinajstić information content (AvgIpc) is 2.87. The first-order valence-corrected chi connectivity index (χ1v) is 7.56. The monoisotopic (exact) mass is 336 g/mol. The third-order valence-electron chi connectivity index (χ3n) is 3.40. The van der Waals surface area contributed by atoms with Gasteiger partial charge in [0.1, 0.15) is 4.83 Å². The topological polar surface area (TPSA) is 42.0 Å². The van der Waals surface area contributed by atoms with Gasteiger partial charge >= 0.3 is 0 Å². The van der Waals surface area contributed by atoms with E-state index in [1.165, 1.54) is 11.3 Å². The quantitative estimate of drug-likeness (QED) is 0.696. The van der Waals surface area contributed by atoms with Gasteiger partial charge in [-0.2, -0.15) is 0 Å². The van der Waals surface area contributed by atoms with Gasteiger partial charge < -0.3 is 5.32 Å². The Morgan fingerprint density at radius 1 is 1.17 bits per heavy atom. The van der Waals surface area contributed by atoms with E-state index in [0.717, 1.165) is 33.6 Å². The van der Waals surface area contributed by atoms with Crippen molar-refractivity contribution in [3.63, 3.8) is 0 Å². The highest BCUT2D eigenvalue weighted by molar-refractivity contribution is 7.17. The lowest BCUT2D eigenvalue weighted by molar-refractivity contribution is 0.102. The minimum absolute atomic E-state index is 0.462. The van der Waals surface area contributed by atoms with E-state index in [9.17, 15) is 18.0 Å². The molecule has 23 heavy (non-hydrogen) atoms. The molecule has 3 rings (SSSR count). The molecule has 7 heteroatoms. The molecule has 3 aromatic rings. The van der Waals surface area contributed by atoms with E-state index < -0.39 is 28.9 Å². The van der Waals surface area contributed by atoms with Crippen molar-refractivity contribution < 1.29 is 18.0 Å². The Labute approximate surface area is 133 Å². The van der Waals surface area contributed by atoms with E-state index in [-0.39, 0.29) is 0 Å². The summed E-state index contributed by atoms with van der Waals surface area (Å²) in [5.74, 6) is -5.36. The van der Waals surface area contributed by atoms with Crippen LogP contribution in [-0.2, 0) is 0 Å². The van der Waals surface area contributed by atoms with Crippen LogP contribution < -0.4 is 5.32 Å². The standard InChI is InChI=1S/C16H11F3N2OS/c1-7-5-8(2)20-16-12(7)11(6-23-16)21-15(22)9-3-4-10(17)14(19)13(9)18/h3-6H,1-2H3,(H,21,22). The zero-order chi connectivity index (χ0) is 16.7. The fraction of sp³-hybridized carbons (Fsp3) is 0.125. The average molecular weight is 336 g/mol. The van der Waals surface area contributed by atoms with Gasteiger partial charge in [-0.3, -0.25) is 4.79 Å². The van der Waals surface area contributed by atoms with Crippen LogP contribution in [0.4, 0.5) is 18.9 Å². The minimum atomic E-state index is -1.67. The molecule has 2 heterocycles. The molecule has 0 fully saturated rings. The number of aryl methyl sites for hydroxylation is 2. The van der Waals surface area contributed by atoms with Crippen LogP contribution in [-0.4, -0.2) is 10.9 Å². The van der Waals surface area contributed by atoms with E-state index in [1.807, 2.05) is 19.9 Å². The molecule has 0 unspecified atom stereocenters. The van der Waals surface area contributed by atoms with Crippen LogP contribution in [0.15, 0.2) is 23.6 Å². The molecule has 0 aliphatic rings. The molecule has 1 amide bonds. The summed E-state index contributed by atoms with van der Waals surface area (Å²) in [5, 5.41) is 4.96. The second kappa shape index (κ2) is 5.66. The van der Waals surface area contributed by atoms with Crippen molar-refractivity contribution in [3.8, 4) is 0 Å². The summed E-state index contributed by atoms with van der Waals surface area (Å²) in [6.45, 7) is 3.73. The first-order chi connectivity index (χ1) is 10.9. The molecule has 2 aromatic heterocycles. The number of benzene rings is 1. The van der Waals surface area contributed by atoms with Crippen molar-refractivity contribution in [1.82, 2.24) is 4.98 Å². The number of hydrogen-bond acceptors (Lipinski definition) is 3. The van der Waals surface area contributed by atoms with Gasteiger partial charge in [-0.1, -0.05) is 0 Å². The van der Waals surface area contributed by atoms with Crippen LogP contribution in [0.3, 0.4) is 0 Å². The number of halogens is 3. The first kappa shape index (κ1) is 15.5. The van der Waals surface area contributed by atoms with Crippen LogP contribution in [0, 0.1) is 31.3 Å². The maximum absolute atomic E-state index is 13.7. The number of nitrogens with zero attached hydrogens (tertiary/aromatic N) is 1. The van der Waals surface area contributed by atoms with Crippen molar-refractivity contribution >= 4 is 33.1 Å². The van der Waals surface area contributed by atoms with Crippen LogP contribution in [0.1, 0.15) is 21.6 Å². The van der Waals surface area contributed by atoms with Crippen molar-refractivity contribution in [2.45, 2.75) is 13.8 Å². The largest absolute Gasteiger partial charge is 0.321 e. The predicted octanol–water partition coefficient (Wildman–Crippen LogP) is 4.58. The Hall–Kier alpha value is -2.41. The zero-order valence-electron chi connectivity index (χ0n) is 12.2. The number of aromatic nitrogens is 1. The van der Waals surface area contributed by atoms with Crippen LogP contribution >= 0.6 is 11.3 Å². The summed E-state index contributed by atoms with van der Waals surface area (Å²) in [6.07, 6.45) is 0. The predicted molar refractivity (Wildman–Crippen MR) is 83.4 cm³/mol. The van der Waals surface area contributed by atoms with Crippen LogP contribution in [0.25, 0.3) is 10.2 Å². The van der Waals surface area contributed by atoms with Gasteiger partial charge in [-0.25, -0.2) is 18.2 Å². The number of rotatable bonds is 2. The molecule has 0 aliphatic carbocycles. The number of nitrogens with one attached hydrogen (secondary N) is 1. The molecular weight excluding hydrogens is 325 g/mol. The van der Waals surface area contributed by atoms with E-state index in [4.69, 9.17) is 0 Å². The molecule has 0 saturated heterocycles. The maximum atomic E-state index is 13.7. The lowest BCUT2D eigenvalue weighted by atomic mass is 10.1. The number of anilines is 1. The summed E-state index contributed by atoms with van der Waals surface area (Å²) >= 11 is 1.34. The number of carbonyl (C=O) groups excluding carboxylic acids is 1. The molecule has 118 valence electrons. The van der Waals surface area contributed by atoms with Crippen molar-refractivity contribution in [1.29, 1.82) is 0 Å². The molecule has 0 atom stereocenters. The SMILES string of the molecule is Cc1cc(C)c2c(NC(=O)c3ccc(F)c(F)c3F)csc2n1. The first-order valence-electron chi connectivity index (χ1n) is 6.68. The van der Waals surface area contributed by atoms with Crippen LogP contribution in [0.5, 0.6) is 0 Å². The lowest BCUT2D eigenvalue weighted by Crippen LogP contribution is -2.15. The molecule has 0 aliphatic heterocycles. The van der Waals surface area contributed by atoms with Crippen molar-refractivity contribution in [3.05, 3.63) is 57.9 Å². The molecule has 0 saturated carbocycles. The Morgan fingerprint density at radius 2 is 1.91 bits per heavy atom. The summed E-state index contributed by atoms with van der Waals surface area (Å²) in [4.78, 5) is 17.3. The third-order valence-corrected chi connectivity index (χ3v) is 4.27. The highest BCUT2D eigenvalue weighted by Gasteiger charge is 2.20. The summed E-state index contributed by atoms with van der Waals surface area (Å²) < 4.78 is 39.9. The van der Waals surface area contributed by atoms with Crippen LogP contribution in [0.2, 0.25) is 0 Å². The second-order valence-electron chi connectivity index (χ2n) is 5.09. The summed E-state index contributed by atoms with van der Waals surface area (Å²) in [7, 11) is 0. The second-order valence-corrected chi connectivity index (χ2v) is 5.95. The Morgan fingerprint density at radius 3 is 2.65 bits per heavy atom. The van der Waals surface area contributed by atoms with E-state index in [1.54, 1.807) is 5.38 Å². The van der Waals surface area contributed by atoms with Gasteiger partial charge in [0.25, 0.3) is 5.91 Å². The Kier molecular flexibility index (Phi) is 3.81. The smallest absolute Gasteiger partial charge is 0.258 e. The number of fused-ring (bicyclic) bond motifs is 1. The molecular formula is C16H11F3N2OS. The van der Waals surface area contributed by atoms with Gasteiger partial charge in [0.05, 0.1) is 11.3 Å². The van der Waals surface area contributed by atoms with E-state index in [2.05, 4.69) is 10.3 Å². The highest BCUT2D eigenvalue weighted by Crippen LogP contribution is 2.32. The van der Waals surface area contributed by atoms with Crippen molar-refractivity contribution in [2.24, 2.45) is 0 Å². The molecule has 0 bridgehead atoms. The number of thiophene rings is 1. The van der Waals surface area contributed by atoms with Gasteiger partial charge in [0.2, 0.25) is 0 Å². The number of pyridine rings is 1. The van der Waals surface area contributed by atoms with Gasteiger partial charge in [-0.05, 0) is 37.6 Å². The third kappa shape index (κ3) is 2.68. The zero-order valence-corrected chi connectivity index (χ0v) is 13.0. The van der Waals surface area contributed by atoms with E-state index >= 15 is 0 Å². The summed E-state index contributed by atoms with van der Waals surface area (Å²) in [6, 6.07) is 3.49. The summed E-state index contributed by atoms with van der Waals surface area (Å²) in [5.41, 5.74) is 1.67. The number of amides is 1. The highest BCUT2D eigenvalue weighted by atomic mass is 32.1. The fourth-order valence-corrected chi connectivity index (χ4v) is 3.36. The lowest BCUT2D eigenvalue weighted by Gasteiger charge is -2.07. The van der Waals surface area contributed by atoms with E-state index in [0.29, 0.717) is 5.69 Å². The molecule has 3 nitrogen and oxygen atoms in total.